The molecule has 0 unspecified atom stereocenters. The van der Waals surface area contributed by atoms with Gasteiger partial charge in [0.15, 0.2) is 0 Å². The molecule has 1 N–H and O–H groups in total. The zero-order valence-electron chi connectivity index (χ0n) is 14.5. The third-order valence-corrected chi connectivity index (χ3v) is 4.41. The Balaban J connectivity index is 1.77. The van der Waals surface area contributed by atoms with E-state index in [9.17, 15) is 4.79 Å². The molecule has 1 atom stereocenters. The van der Waals surface area contributed by atoms with Crippen LogP contribution in [0.1, 0.15) is 53.2 Å². The lowest BCUT2D eigenvalue weighted by molar-refractivity contribution is 0.0701. The van der Waals surface area contributed by atoms with E-state index in [0.717, 1.165) is 18.1 Å². The molecule has 1 aromatic heterocycles. The number of nitrogens with zero attached hydrogens (tertiary/aromatic N) is 3. The molecule has 24 heavy (non-hydrogen) atoms. The second-order valence-corrected chi connectivity index (χ2v) is 6.55. The van der Waals surface area contributed by atoms with E-state index in [1.54, 1.807) is 6.20 Å². The SMILES string of the molecule is Cc1nc(C(C)C)ncc1C(=O)N1CCN[C@@H](c2ccccc2)C1. The first-order valence-electron chi connectivity index (χ1n) is 8.47. The Kier molecular flexibility index (Phi) is 4.90. The molecule has 126 valence electrons. The first-order valence-corrected chi connectivity index (χ1v) is 8.47. The minimum absolute atomic E-state index is 0.0187. The van der Waals surface area contributed by atoms with Crippen molar-refractivity contribution in [3.8, 4) is 0 Å². The van der Waals surface area contributed by atoms with E-state index in [-0.39, 0.29) is 17.9 Å². The molecule has 1 fully saturated rings. The highest BCUT2D eigenvalue weighted by molar-refractivity contribution is 5.95. The molecule has 1 saturated heterocycles. The number of rotatable bonds is 3. The van der Waals surface area contributed by atoms with Crippen LogP contribution in [0.2, 0.25) is 0 Å². The van der Waals surface area contributed by atoms with E-state index in [2.05, 4.69) is 41.3 Å². The summed E-state index contributed by atoms with van der Waals surface area (Å²) in [4.78, 5) is 23.6. The highest BCUT2D eigenvalue weighted by Gasteiger charge is 2.26. The van der Waals surface area contributed by atoms with Crippen LogP contribution < -0.4 is 5.32 Å². The average molecular weight is 324 g/mol. The van der Waals surface area contributed by atoms with Crippen molar-refractivity contribution >= 4 is 5.91 Å². The van der Waals surface area contributed by atoms with Gasteiger partial charge in [0.25, 0.3) is 5.91 Å². The summed E-state index contributed by atoms with van der Waals surface area (Å²) < 4.78 is 0. The first-order chi connectivity index (χ1) is 11.6. The van der Waals surface area contributed by atoms with Gasteiger partial charge in [0, 0.05) is 37.8 Å². The minimum atomic E-state index is 0.0187. The largest absolute Gasteiger partial charge is 0.335 e. The van der Waals surface area contributed by atoms with E-state index in [1.807, 2.05) is 30.0 Å². The molecule has 2 heterocycles. The fourth-order valence-electron chi connectivity index (χ4n) is 2.99. The van der Waals surface area contributed by atoms with Crippen LogP contribution in [0, 0.1) is 6.92 Å². The monoisotopic (exact) mass is 324 g/mol. The van der Waals surface area contributed by atoms with Gasteiger partial charge in [-0.1, -0.05) is 44.2 Å². The van der Waals surface area contributed by atoms with Crippen LogP contribution in [0.15, 0.2) is 36.5 Å². The normalized spacial score (nSPS) is 18.0. The number of aryl methyl sites for hydroxylation is 1. The van der Waals surface area contributed by atoms with Gasteiger partial charge in [-0.05, 0) is 12.5 Å². The number of amides is 1. The van der Waals surface area contributed by atoms with Crippen molar-refractivity contribution < 1.29 is 4.79 Å². The van der Waals surface area contributed by atoms with Crippen molar-refractivity contribution in [2.24, 2.45) is 0 Å². The van der Waals surface area contributed by atoms with Crippen LogP contribution in [0.4, 0.5) is 0 Å². The van der Waals surface area contributed by atoms with Crippen molar-refractivity contribution in [2.45, 2.75) is 32.7 Å². The summed E-state index contributed by atoms with van der Waals surface area (Å²) in [5.74, 6) is 1.06. The zero-order chi connectivity index (χ0) is 17.1. The Morgan fingerprint density at radius 3 is 2.71 bits per heavy atom. The lowest BCUT2D eigenvalue weighted by atomic mass is 10.0. The predicted molar refractivity (Wildman–Crippen MR) is 93.9 cm³/mol. The summed E-state index contributed by atoms with van der Waals surface area (Å²) in [6.45, 7) is 8.14. The number of benzene rings is 1. The Morgan fingerprint density at radius 2 is 2.04 bits per heavy atom. The van der Waals surface area contributed by atoms with Gasteiger partial charge < -0.3 is 10.2 Å². The second kappa shape index (κ2) is 7.09. The Morgan fingerprint density at radius 1 is 1.29 bits per heavy atom. The molecule has 5 heteroatoms. The second-order valence-electron chi connectivity index (χ2n) is 6.55. The molecule has 0 aliphatic carbocycles. The van der Waals surface area contributed by atoms with Gasteiger partial charge in [0.2, 0.25) is 0 Å². The highest BCUT2D eigenvalue weighted by atomic mass is 16.2. The lowest BCUT2D eigenvalue weighted by Gasteiger charge is -2.34. The van der Waals surface area contributed by atoms with Crippen LogP contribution in [0.25, 0.3) is 0 Å². The predicted octanol–water partition coefficient (Wildman–Crippen LogP) is 2.70. The van der Waals surface area contributed by atoms with Crippen molar-refractivity contribution in [3.63, 3.8) is 0 Å². The maximum atomic E-state index is 12.9. The van der Waals surface area contributed by atoms with Crippen molar-refractivity contribution in [2.75, 3.05) is 19.6 Å². The number of aromatic nitrogens is 2. The van der Waals surface area contributed by atoms with Gasteiger partial charge in [-0.3, -0.25) is 4.79 Å². The molecule has 0 radical (unpaired) electrons. The summed E-state index contributed by atoms with van der Waals surface area (Å²) in [6, 6.07) is 10.4. The van der Waals surface area contributed by atoms with Crippen LogP contribution in [0.3, 0.4) is 0 Å². The van der Waals surface area contributed by atoms with E-state index in [1.165, 1.54) is 5.56 Å². The molecule has 1 amide bonds. The van der Waals surface area contributed by atoms with Crippen LogP contribution in [-0.4, -0.2) is 40.4 Å². The van der Waals surface area contributed by atoms with E-state index >= 15 is 0 Å². The Bertz CT molecular complexity index is 715. The summed E-state index contributed by atoms with van der Waals surface area (Å²) in [5.41, 5.74) is 2.57. The maximum absolute atomic E-state index is 12.9. The van der Waals surface area contributed by atoms with Gasteiger partial charge in [0.05, 0.1) is 11.3 Å². The van der Waals surface area contributed by atoms with Gasteiger partial charge in [-0.2, -0.15) is 0 Å². The zero-order valence-corrected chi connectivity index (χ0v) is 14.5. The van der Waals surface area contributed by atoms with Crippen molar-refractivity contribution in [1.82, 2.24) is 20.2 Å². The number of piperazine rings is 1. The molecule has 1 aliphatic heterocycles. The minimum Gasteiger partial charge on any atom is -0.335 e. The van der Waals surface area contributed by atoms with Crippen molar-refractivity contribution in [1.29, 1.82) is 0 Å². The van der Waals surface area contributed by atoms with Crippen LogP contribution >= 0.6 is 0 Å². The fraction of sp³-hybridized carbons (Fsp3) is 0.421. The molecular weight excluding hydrogens is 300 g/mol. The number of hydrogen-bond acceptors (Lipinski definition) is 4. The lowest BCUT2D eigenvalue weighted by Crippen LogP contribution is -2.48. The molecule has 1 aromatic carbocycles. The third kappa shape index (κ3) is 3.46. The molecule has 0 spiro atoms. The topological polar surface area (TPSA) is 58.1 Å². The summed E-state index contributed by atoms with van der Waals surface area (Å²) in [6.07, 6.45) is 1.68. The van der Waals surface area contributed by atoms with Gasteiger partial charge in [0.1, 0.15) is 5.82 Å². The van der Waals surface area contributed by atoms with Crippen molar-refractivity contribution in [3.05, 3.63) is 59.2 Å². The van der Waals surface area contributed by atoms with Gasteiger partial charge in [-0.25, -0.2) is 9.97 Å². The molecule has 2 aromatic rings. The molecule has 3 rings (SSSR count). The molecule has 5 nitrogen and oxygen atoms in total. The average Bonchev–Trinajstić information content (AvgIpc) is 2.62. The maximum Gasteiger partial charge on any atom is 0.257 e. The molecule has 0 bridgehead atoms. The number of carbonyl (C=O) groups is 1. The first kappa shape index (κ1) is 16.6. The van der Waals surface area contributed by atoms with Crippen LogP contribution in [-0.2, 0) is 0 Å². The summed E-state index contributed by atoms with van der Waals surface area (Å²) >= 11 is 0. The number of hydrogen-bond donors (Lipinski definition) is 1. The smallest absolute Gasteiger partial charge is 0.257 e. The Labute approximate surface area is 143 Å². The fourth-order valence-corrected chi connectivity index (χ4v) is 2.99. The quantitative estimate of drug-likeness (QED) is 0.943. The highest BCUT2D eigenvalue weighted by Crippen LogP contribution is 2.19. The molecule has 0 saturated carbocycles. The third-order valence-electron chi connectivity index (χ3n) is 4.41. The number of carbonyl (C=O) groups excluding carboxylic acids is 1. The van der Waals surface area contributed by atoms with E-state index < -0.39 is 0 Å². The van der Waals surface area contributed by atoms with Crippen LogP contribution in [0.5, 0.6) is 0 Å². The number of nitrogens with one attached hydrogen (secondary N) is 1. The van der Waals surface area contributed by atoms with Gasteiger partial charge >= 0.3 is 0 Å². The molecule has 1 aliphatic rings. The van der Waals surface area contributed by atoms with E-state index in [4.69, 9.17) is 0 Å². The van der Waals surface area contributed by atoms with Gasteiger partial charge in [-0.15, -0.1) is 0 Å². The Hall–Kier alpha value is -2.27. The molecular formula is C19H24N4O. The summed E-state index contributed by atoms with van der Waals surface area (Å²) in [7, 11) is 0. The van der Waals surface area contributed by atoms with E-state index in [0.29, 0.717) is 18.7 Å². The summed E-state index contributed by atoms with van der Waals surface area (Å²) in [5, 5.41) is 3.49. The standard InChI is InChI=1S/C19H24N4O/c1-13(2)18-21-11-16(14(3)22-18)19(24)23-10-9-20-17(12-23)15-7-5-4-6-8-15/h4-8,11,13,17,20H,9-10,12H2,1-3H3/t17-/m1/s1.